The van der Waals surface area contributed by atoms with Crippen molar-refractivity contribution in [3.8, 4) is 22.6 Å². The lowest BCUT2D eigenvalue weighted by Crippen LogP contribution is -2.44. The smallest absolute Gasteiger partial charge is 0.250 e. The fourth-order valence-corrected chi connectivity index (χ4v) is 5.76. The molecule has 0 saturated carbocycles. The summed E-state index contributed by atoms with van der Waals surface area (Å²) >= 11 is 0. The maximum Gasteiger partial charge on any atom is 0.250 e. The molecule has 0 radical (unpaired) electrons. The van der Waals surface area contributed by atoms with Gasteiger partial charge in [-0.2, -0.15) is 0 Å². The Hall–Kier alpha value is -1.88. The van der Waals surface area contributed by atoms with Crippen LogP contribution in [0, 0.1) is 11.6 Å². The molecule has 2 nitrogen and oxygen atoms in total. The number of hydrogen-bond acceptors (Lipinski definition) is 2. The van der Waals surface area contributed by atoms with Gasteiger partial charge in [0.15, 0.2) is 17.4 Å². The molecule has 0 heterocycles. The van der Waals surface area contributed by atoms with E-state index in [2.05, 4.69) is 33.9 Å². The average molecular weight is 445 g/mol. The van der Waals surface area contributed by atoms with E-state index in [1.165, 1.54) is 6.07 Å². The zero-order chi connectivity index (χ0) is 22.6. The van der Waals surface area contributed by atoms with E-state index in [0.717, 1.165) is 73.6 Å². The summed E-state index contributed by atoms with van der Waals surface area (Å²) < 4.78 is 37.1. The molecule has 0 atom stereocenters. The molecule has 0 spiro atoms. The van der Waals surface area contributed by atoms with Crippen molar-refractivity contribution in [1.82, 2.24) is 0 Å². The first-order valence-electron chi connectivity index (χ1n) is 11.6. The zero-order valence-corrected chi connectivity index (χ0v) is 20.4. The Morgan fingerprint density at radius 2 is 1.29 bits per heavy atom. The first-order valence-corrected chi connectivity index (χ1v) is 14.5. The van der Waals surface area contributed by atoms with Crippen LogP contribution in [0.25, 0.3) is 11.1 Å². The minimum Gasteiger partial charge on any atom is -0.541 e. The van der Waals surface area contributed by atoms with Crippen LogP contribution in [-0.2, 0) is 25.7 Å². The van der Waals surface area contributed by atoms with Crippen LogP contribution in [0.5, 0.6) is 11.5 Å². The van der Waals surface area contributed by atoms with Crippen molar-refractivity contribution >= 4 is 8.32 Å². The number of fused-ring (bicyclic) bond motifs is 2. The number of benzene rings is 2. The lowest BCUT2D eigenvalue weighted by molar-refractivity contribution is 0.429. The van der Waals surface area contributed by atoms with E-state index in [1.54, 1.807) is 6.07 Å². The van der Waals surface area contributed by atoms with E-state index in [0.29, 0.717) is 11.1 Å². The van der Waals surface area contributed by atoms with E-state index < -0.39 is 20.0 Å². The van der Waals surface area contributed by atoms with Gasteiger partial charge in [-0.15, -0.1) is 0 Å². The highest BCUT2D eigenvalue weighted by atomic mass is 28.4. The predicted octanol–water partition coefficient (Wildman–Crippen LogP) is 7.48. The number of aromatic hydroxyl groups is 1. The lowest BCUT2D eigenvalue weighted by Gasteiger charge is -2.38. The topological polar surface area (TPSA) is 29.5 Å². The van der Waals surface area contributed by atoms with Crippen molar-refractivity contribution in [2.75, 3.05) is 0 Å². The van der Waals surface area contributed by atoms with Crippen LogP contribution in [0.1, 0.15) is 68.7 Å². The molecule has 0 aromatic heterocycles. The molecule has 1 N–H and O–H groups in total. The maximum atomic E-state index is 15.6. The highest BCUT2D eigenvalue weighted by molar-refractivity contribution is 6.74. The van der Waals surface area contributed by atoms with E-state index in [4.69, 9.17) is 4.43 Å². The fraction of sp³-hybridized carbons (Fsp3) is 0.538. The Labute approximate surface area is 185 Å². The molecule has 2 aromatic carbocycles. The second-order valence-electron chi connectivity index (χ2n) is 10.7. The Morgan fingerprint density at radius 1 is 0.806 bits per heavy atom. The molecule has 0 fully saturated rings. The summed E-state index contributed by atoms with van der Waals surface area (Å²) in [5.74, 6) is -1.17. The summed E-state index contributed by atoms with van der Waals surface area (Å²) in [5, 5.41) is 10.8. The van der Waals surface area contributed by atoms with Gasteiger partial charge < -0.3 is 9.53 Å². The Kier molecular flexibility index (Phi) is 5.70. The molecule has 168 valence electrons. The zero-order valence-electron chi connectivity index (χ0n) is 19.4. The first-order chi connectivity index (χ1) is 14.5. The largest absolute Gasteiger partial charge is 0.541 e. The molecule has 5 heteroatoms. The first kappa shape index (κ1) is 22.3. The van der Waals surface area contributed by atoms with Gasteiger partial charge in [0.1, 0.15) is 5.75 Å². The van der Waals surface area contributed by atoms with Gasteiger partial charge in [-0.25, -0.2) is 8.78 Å². The Bertz CT molecular complexity index is 1020. The van der Waals surface area contributed by atoms with Crippen molar-refractivity contribution in [2.45, 2.75) is 90.3 Å². The van der Waals surface area contributed by atoms with Crippen LogP contribution in [0.3, 0.4) is 0 Å². The van der Waals surface area contributed by atoms with Crippen LogP contribution >= 0.6 is 0 Å². The molecular weight excluding hydrogens is 410 g/mol. The molecule has 0 aliphatic heterocycles. The van der Waals surface area contributed by atoms with E-state index in [1.807, 2.05) is 0 Å². The summed E-state index contributed by atoms with van der Waals surface area (Å²) in [7, 11) is -2.37. The molecule has 2 aliphatic carbocycles. The SMILES string of the molecule is CC(C)(C)[Si](C)(C)Oc1c(F)cc2c(c1-c1c(O)c(F)cc3c1CCCC3)CCCC2. The van der Waals surface area contributed by atoms with E-state index in [-0.39, 0.29) is 16.5 Å². The minimum atomic E-state index is -2.37. The number of hydrogen-bond donors (Lipinski definition) is 1. The summed E-state index contributed by atoms with van der Waals surface area (Å²) in [4.78, 5) is 0. The summed E-state index contributed by atoms with van der Waals surface area (Å²) in [6.07, 6.45) is 7.16. The second kappa shape index (κ2) is 7.91. The lowest BCUT2D eigenvalue weighted by atomic mass is 9.80. The molecule has 0 saturated heterocycles. The van der Waals surface area contributed by atoms with Crippen LogP contribution in [0.4, 0.5) is 8.78 Å². The van der Waals surface area contributed by atoms with Gasteiger partial charge >= 0.3 is 0 Å². The van der Waals surface area contributed by atoms with Crippen LogP contribution < -0.4 is 4.43 Å². The summed E-state index contributed by atoms with van der Waals surface area (Å²) in [6, 6.07) is 3.08. The van der Waals surface area contributed by atoms with Gasteiger partial charge in [-0.1, -0.05) is 20.8 Å². The van der Waals surface area contributed by atoms with Crippen LogP contribution in [-0.4, -0.2) is 13.4 Å². The molecular formula is C26H34F2O2Si. The number of rotatable bonds is 3. The third-order valence-electron chi connectivity index (χ3n) is 7.55. The predicted molar refractivity (Wildman–Crippen MR) is 125 cm³/mol. The van der Waals surface area contributed by atoms with Gasteiger partial charge in [0, 0.05) is 11.1 Å². The van der Waals surface area contributed by atoms with Crippen LogP contribution in [0.2, 0.25) is 18.1 Å². The number of aryl methyl sites for hydroxylation is 2. The molecule has 2 aliphatic rings. The Balaban J connectivity index is 2.04. The van der Waals surface area contributed by atoms with Crippen molar-refractivity contribution in [1.29, 1.82) is 0 Å². The third-order valence-corrected chi connectivity index (χ3v) is 11.9. The van der Waals surface area contributed by atoms with Gasteiger partial charge in [0.2, 0.25) is 0 Å². The highest BCUT2D eigenvalue weighted by Gasteiger charge is 2.41. The summed E-state index contributed by atoms with van der Waals surface area (Å²) in [5.41, 5.74) is 4.97. The Morgan fingerprint density at radius 3 is 1.84 bits per heavy atom. The normalized spacial score (nSPS) is 16.6. The number of halogens is 2. The third kappa shape index (κ3) is 3.90. The van der Waals surface area contributed by atoms with E-state index in [9.17, 15) is 9.50 Å². The molecule has 2 aromatic rings. The molecule has 31 heavy (non-hydrogen) atoms. The van der Waals surface area contributed by atoms with Crippen molar-refractivity contribution in [2.24, 2.45) is 0 Å². The fourth-order valence-electron chi connectivity index (χ4n) is 4.75. The number of phenols is 1. The van der Waals surface area contributed by atoms with Gasteiger partial charge in [0.05, 0.1) is 0 Å². The average Bonchev–Trinajstić information content (AvgIpc) is 2.69. The maximum absolute atomic E-state index is 15.6. The van der Waals surface area contributed by atoms with Gasteiger partial charge in [-0.3, -0.25) is 0 Å². The molecule has 0 amide bonds. The van der Waals surface area contributed by atoms with Crippen molar-refractivity contribution in [3.63, 3.8) is 0 Å². The monoisotopic (exact) mass is 444 g/mol. The van der Waals surface area contributed by atoms with Crippen LogP contribution in [0.15, 0.2) is 12.1 Å². The minimum absolute atomic E-state index is 0.115. The van der Waals surface area contributed by atoms with Crippen molar-refractivity contribution < 1.29 is 18.3 Å². The molecule has 0 unspecified atom stereocenters. The highest BCUT2D eigenvalue weighted by Crippen LogP contribution is 2.50. The quantitative estimate of drug-likeness (QED) is 0.497. The van der Waals surface area contributed by atoms with Crippen molar-refractivity contribution in [3.05, 3.63) is 46.0 Å². The van der Waals surface area contributed by atoms with Gasteiger partial charge in [-0.05, 0) is 104 Å². The molecule has 4 rings (SSSR count). The molecule has 0 bridgehead atoms. The number of phenolic OH excluding ortho intramolecular Hbond substituents is 1. The van der Waals surface area contributed by atoms with Gasteiger partial charge in [0.25, 0.3) is 8.32 Å². The van der Waals surface area contributed by atoms with E-state index >= 15 is 4.39 Å². The standard InChI is InChI=1S/C26H34F2O2Si/c1-26(2,3)31(4,5)30-25-21(28)15-17-11-7-9-13-19(17)23(25)22-18-12-8-6-10-16(18)14-20(27)24(22)29/h14-15,29H,6-13H2,1-5H3. The second-order valence-corrected chi connectivity index (χ2v) is 15.4. The summed E-state index contributed by atoms with van der Waals surface area (Å²) in [6.45, 7) is 10.6.